The van der Waals surface area contributed by atoms with Gasteiger partial charge in [0.2, 0.25) is 15.9 Å². The van der Waals surface area contributed by atoms with Gasteiger partial charge >= 0.3 is 0 Å². The predicted octanol–water partition coefficient (Wildman–Crippen LogP) is 4.38. The van der Waals surface area contributed by atoms with Crippen molar-refractivity contribution >= 4 is 60.5 Å². The number of nitrogens with two attached hydrogens (primary N) is 1. The monoisotopic (exact) mass is 516 g/mol. The molecule has 0 aliphatic heterocycles. The molecule has 3 aromatic rings. The van der Waals surface area contributed by atoms with E-state index in [2.05, 4.69) is 39.9 Å². The van der Waals surface area contributed by atoms with E-state index in [0.29, 0.717) is 15.9 Å². The number of amides is 1. The molecule has 2 aliphatic carbocycles. The van der Waals surface area contributed by atoms with Crippen LogP contribution in [0.3, 0.4) is 0 Å². The Bertz CT molecular complexity index is 1520. The standard InChI is InChI=1S/C16H13FN4O4S3.C6H4/c1-8(22)20-16(26)21-9-2-3-12(10(17)6-9)25-13-4-5-19-11-7-14(27-15(11)13)28(18,23)24;1-2-5-4-6(5)3-1/h2-7H,1H3,(H2,18,23,24)(H2,20,21,22,26);1-4H. The second kappa shape index (κ2) is 9.43. The zero-order valence-corrected chi connectivity index (χ0v) is 20.0. The number of rotatable bonds is 4. The molecule has 2 heterocycles. The molecule has 0 spiro atoms. The minimum absolute atomic E-state index is 0.0329. The number of benzene rings is 2. The van der Waals surface area contributed by atoms with Crippen LogP contribution in [0.15, 0.2) is 65.0 Å². The summed E-state index contributed by atoms with van der Waals surface area (Å²) in [5.74, 6) is -0.898. The van der Waals surface area contributed by atoms with Crippen LogP contribution in [-0.4, -0.2) is 24.4 Å². The van der Waals surface area contributed by atoms with Gasteiger partial charge in [0.1, 0.15) is 9.96 Å². The largest absolute Gasteiger partial charge is 0.453 e. The summed E-state index contributed by atoms with van der Waals surface area (Å²) < 4.78 is 43.4. The lowest BCUT2D eigenvalue weighted by Crippen LogP contribution is -2.32. The van der Waals surface area contributed by atoms with Crippen molar-refractivity contribution < 1.29 is 22.3 Å². The Balaban J connectivity index is 0.000000388. The highest BCUT2D eigenvalue weighted by atomic mass is 32.2. The van der Waals surface area contributed by atoms with Gasteiger partial charge in [-0.2, -0.15) is 0 Å². The van der Waals surface area contributed by atoms with Crippen LogP contribution in [0, 0.1) is 5.82 Å². The van der Waals surface area contributed by atoms with Crippen LogP contribution in [0.25, 0.3) is 21.3 Å². The Labute approximate surface area is 203 Å². The average molecular weight is 517 g/mol. The van der Waals surface area contributed by atoms with E-state index in [1.165, 1.54) is 48.5 Å². The number of carbonyl (C=O) groups is 1. The summed E-state index contributed by atoms with van der Waals surface area (Å²) in [5.41, 5.74) is 3.53. The summed E-state index contributed by atoms with van der Waals surface area (Å²) in [6.45, 7) is 1.30. The van der Waals surface area contributed by atoms with Crippen LogP contribution < -0.4 is 20.5 Å². The van der Waals surface area contributed by atoms with Crippen molar-refractivity contribution in [3.05, 3.63) is 66.6 Å². The summed E-state index contributed by atoms with van der Waals surface area (Å²) in [6, 6.07) is 15.3. The van der Waals surface area contributed by atoms with Gasteiger partial charge in [-0.1, -0.05) is 18.2 Å². The molecule has 0 fully saturated rings. The van der Waals surface area contributed by atoms with Crippen molar-refractivity contribution in [2.45, 2.75) is 11.1 Å². The number of fused-ring (bicyclic) bond motifs is 2. The van der Waals surface area contributed by atoms with Crippen molar-refractivity contribution in [3.63, 3.8) is 0 Å². The SMILES string of the molecule is CC(=O)NC(=S)Nc1ccc(Oc2ccnc3cc(S(N)(=O)=O)sc23)c(F)c1.c1cc2cc-2c1. The van der Waals surface area contributed by atoms with E-state index in [-0.39, 0.29) is 26.7 Å². The van der Waals surface area contributed by atoms with Crippen LogP contribution >= 0.6 is 23.6 Å². The maximum absolute atomic E-state index is 14.4. The summed E-state index contributed by atoms with van der Waals surface area (Å²) in [7, 11) is -3.89. The van der Waals surface area contributed by atoms with Crippen molar-refractivity contribution in [3.8, 4) is 22.6 Å². The summed E-state index contributed by atoms with van der Waals surface area (Å²) >= 11 is 5.80. The van der Waals surface area contributed by atoms with Crippen molar-refractivity contribution in [1.82, 2.24) is 10.3 Å². The zero-order valence-electron chi connectivity index (χ0n) is 17.5. The number of aromatic nitrogens is 1. The van der Waals surface area contributed by atoms with E-state index in [4.69, 9.17) is 22.1 Å². The minimum atomic E-state index is -3.89. The lowest BCUT2D eigenvalue weighted by Gasteiger charge is -2.11. The Kier molecular flexibility index (Phi) is 6.57. The molecule has 1 amide bonds. The summed E-state index contributed by atoms with van der Waals surface area (Å²) in [6.07, 6.45) is 1.41. The first-order chi connectivity index (χ1) is 16.1. The quantitative estimate of drug-likeness (QED) is 0.303. The number of primary sulfonamides is 1. The first kappa shape index (κ1) is 23.7. The van der Waals surface area contributed by atoms with Gasteiger partial charge in [0.05, 0.1) is 10.2 Å². The Morgan fingerprint density at radius 3 is 2.41 bits per heavy atom. The van der Waals surface area contributed by atoms with E-state index >= 15 is 0 Å². The van der Waals surface area contributed by atoms with Crippen LogP contribution in [0.5, 0.6) is 11.5 Å². The van der Waals surface area contributed by atoms with Gasteiger partial charge in [-0.05, 0) is 47.6 Å². The van der Waals surface area contributed by atoms with Crippen LogP contribution in [0.1, 0.15) is 6.92 Å². The first-order valence-electron chi connectivity index (χ1n) is 9.68. The smallest absolute Gasteiger partial charge is 0.247 e. The highest BCUT2D eigenvalue weighted by Gasteiger charge is 2.17. The molecule has 0 saturated heterocycles. The molecular weight excluding hydrogens is 499 g/mol. The number of hydrogen-bond acceptors (Lipinski definition) is 7. The number of carbonyl (C=O) groups excluding carboxylic acids is 1. The molecule has 0 atom stereocenters. The Morgan fingerprint density at radius 2 is 1.85 bits per heavy atom. The maximum atomic E-state index is 14.4. The molecule has 12 heteroatoms. The zero-order chi connectivity index (χ0) is 24.5. The van der Waals surface area contributed by atoms with Gasteiger partial charge in [0, 0.05) is 30.9 Å². The number of nitrogens with zero attached hydrogens (tertiary/aromatic N) is 1. The number of sulfonamides is 1. The third-order valence-corrected chi connectivity index (χ3v) is 7.21. The number of pyridine rings is 1. The van der Waals surface area contributed by atoms with E-state index in [9.17, 15) is 17.6 Å². The molecule has 2 aromatic heterocycles. The highest BCUT2D eigenvalue weighted by Crippen LogP contribution is 2.37. The number of thiophene rings is 1. The molecule has 2 aliphatic rings. The van der Waals surface area contributed by atoms with Gasteiger partial charge in [0.15, 0.2) is 16.7 Å². The fourth-order valence-corrected chi connectivity index (χ4v) is 4.94. The number of hydrogen-bond donors (Lipinski definition) is 3. The summed E-state index contributed by atoms with van der Waals surface area (Å²) in [5, 5.41) is 10.2. The number of nitrogens with one attached hydrogen (secondary N) is 2. The molecular formula is C22H17FN4O4S3. The van der Waals surface area contributed by atoms with Gasteiger partial charge in [0.25, 0.3) is 0 Å². The van der Waals surface area contributed by atoms with E-state index in [0.717, 1.165) is 17.4 Å². The van der Waals surface area contributed by atoms with E-state index in [1.54, 1.807) is 0 Å². The molecule has 174 valence electrons. The van der Waals surface area contributed by atoms with Gasteiger partial charge < -0.3 is 15.4 Å². The number of anilines is 1. The third kappa shape index (κ3) is 5.72. The third-order valence-electron chi connectivity index (χ3n) is 4.45. The molecule has 0 bridgehead atoms. The lowest BCUT2D eigenvalue weighted by molar-refractivity contribution is -0.117. The predicted molar refractivity (Wildman–Crippen MR) is 133 cm³/mol. The van der Waals surface area contributed by atoms with Gasteiger partial charge in [-0.25, -0.2) is 17.9 Å². The molecule has 1 aromatic carbocycles. The fraction of sp³-hybridized carbons (Fsp3) is 0.0455. The number of thiocarbonyl (C=S) groups is 1. The number of halogens is 1. The average Bonchev–Trinajstić information content (AvgIpc) is 3.14. The molecule has 0 radical (unpaired) electrons. The van der Waals surface area contributed by atoms with Crippen molar-refractivity contribution in [2.75, 3.05) is 5.32 Å². The van der Waals surface area contributed by atoms with Crippen LogP contribution in [0.4, 0.5) is 10.1 Å². The molecule has 0 unspecified atom stereocenters. The Morgan fingerprint density at radius 1 is 1.12 bits per heavy atom. The molecule has 5 rings (SSSR count). The second-order valence-corrected chi connectivity index (χ2v) is 10.3. The van der Waals surface area contributed by atoms with Crippen LogP contribution in [0.2, 0.25) is 0 Å². The first-order valence-corrected chi connectivity index (χ1v) is 12.4. The normalized spacial score (nSPS) is 11.3. The second-order valence-electron chi connectivity index (χ2n) is 7.10. The van der Waals surface area contributed by atoms with Crippen molar-refractivity contribution in [1.29, 1.82) is 0 Å². The summed E-state index contributed by atoms with van der Waals surface area (Å²) in [4.78, 5) is 15.0. The van der Waals surface area contributed by atoms with Crippen LogP contribution in [-0.2, 0) is 14.8 Å². The van der Waals surface area contributed by atoms with Gasteiger partial charge in [-0.15, -0.1) is 11.3 Å². The van der Waals surface area contributed by atoms with Gasteiger partial charge in [-0.3, -0.25) is 9.78 Å². The van der Waals surface area contributed by atoms with E-state index in [1.807, 2.05) is 0 Å². The molecule has 4 N–H and O–H groups in total. The number of ether oxygens (including phenoxy) is 1. The minimum Gasteiger partial charge on any atom is -0.453 e. The Hall–Kier alpha value is -3.45. The maximum Gasteiger partial charge on any atom is 0.247 e. The topological polar surface area (TPSA) is 123 Å². The molecule has 0 saturated carbocycles. The van der Waals surface area contributed by atoms with E-state index < -0.39 is 15.8 Å². The molecule has 34 heavy (non-hydrogen) atoms. The van der Waals surface area contributed by atoms with Crippen molar-refractivity contribution in [2.24, 2.45) is 5.14 Å². The highest BCUT2D eigenvalue weighted by molar-refractivity contribution is 7.91. The fourth-order valence-electron chi connectivity index (χ4n) is 2.89. The molecule has 8 nitrogen and oxygen atoms in total. The lowest BCUT2D eigenvalue weighted by atomic mass is 10.3.